The first-order chi connectivity index (χ1) is 8.70. The number of aryl methyl sites for hydroxylation is 2. The highest BCUT2D eigenvalue weighted by atomic mass is 16.4. The van der Waals surface area contributed by atoms with Crippen LogP contribution in [0, 0.1) is 6.92 Å². The first-order valence-corrected chi connectivity index (χ1v) is 6.54. The molecule has 1 N–H and O–H groups in total. The van der Waals surface area contributed by atoms with Crippen molar-refractivity contribution in [3.63, 3.8) is 0 Å². The summed E-state index contributed by atoms with van der Waals surface area (Å²) in [6, 6.07) is 11.8. The lowest BCUT2D eigenvalue weighted by atomic mass is 10.0. The number of aliphatic hydroxyl groups is 1. The number of furan rings is 1. The fourth-order valence-corrected chi connectivity index (χ4v) is 2.01. The lowest BCUT2D eigenvalue weighted by Gasteiger charge is -2.09. The third-order valence-electron chi connectivity index (χ3n) is 3.15. The molecule has 2 aromatic rings. The Morgan fingerprint density at radius 3 is 2.39 bits per heavy atom. The van der Waals surface area contributed by atoms with Crippen molar-refractivity contribution >= 4 is 0 Å². The third-order valence-corrected chi connectivity index (χ3v) is 3.15. The van der Waals surface area contributed by atoms with Crippen LogP contribution in [0.15, 0.2) is 40.8 Å². The molecule has 1 atom stereocenters. The van der Waals surface area contributed by atoms with Gasteiger partial charge in [-0.25, -0.2) is 0 Å². The van der Waals surface area contributed by atoms with Crippen LogP contribution in [0.5, 0.6) is 0 Å². The van der Waals surface area contributed by atoms with Gasteiger partial charge in [-0.1, -0.05) is 37.6 Å². The first kappa shape index (κ1) is 12.9. The Morgan fingerprint density at radius 1 is 1.11 bits per heavy atom. The molecule has 0 radical (unpaired) electrons. The lowest BCUT2D eigenvalue weighted by molar-refractivity contribution is 0.187. The molecule has 1 aromatic carbocycles. The van der Waals surface area contributed by atoms with Crippen LogP contribution in [-0.2, 0) is 6.42 Å². The van der Waals surface area contributed by atoms with E-state index < -0.39 is 6.10 Å². The molecule has 2 nitrogen and oxygen atoms in total. The van der Waals surface area contributed by atoms with Crippen molar-refractivity contribution in [3.05, 3.63) is 59.0 Å². The predicted octanol–water partition coefficient (Wildman–Crippen LogP) is 4.01. The number of hydrogen-bond donors (Lipinski definition) is 1. The first-order valence-electron chi connectivity index (χ1n) is 6.54. The molecule has 0 amide bonds. The largest absolute Gasteiger partial charge is 0.463 e. The Morgan fingerprint density at radius 2 is 1.83 bits per heavy atom. The molecular formula is C16H20O2. The summed E-state index contributed by atoms with van der Waals surface area (Å²) in [5.74, 6) is 1.43. The Hall–Kier alpha value is -1.54. The van der Waals surface area contributed by atoms with Gasteiger partial charge in [-0.15, -0.1) is 0 Å². The molecule has 0 aliphatic carbocycles. The van der Waals surface area contributed by atoms with Crippen molar-refractivity contribution in [1.82, 2.24) is 0 Å². The normalized spacial score (nSPS) is 12.6. The highest BCUT2D eigenvalue weighted by molar-refractivity contribution is 5.28. The average Bonchev–Trinajstić information content (AvgIpc) is 2.83. The monoisotopic (exact) mass is 244 g/mol. The van der Waals surface area contributed by atoms with Crippen LogP contribution < -0.4 is 0 Å². The second-order valence-electron chi connectivity index (χ2n) is 4.70. The predicted molar refractivity (Wildman–Crippen MR) is 72.6 cm³/mol. The summed E-state index contributed by atoms with van der Waals surface area (Å²) in [6.07, 6.45) is 2.85. The van der Waals surface area contributed by atoms with E-state index in [0.717, 1.165) is 17.7 Å². The number of rotatable bonds is 5. The van der Waals surface area contributed by atoms with Gasteiger partial charge in [-0.2, -0.15) is 0 Å². The van der Waals surface area contributed by atoms with Crippen molar-refractivity contribution in [2.24, 2.45) is 0 Å². The van der Waals surface area contributed by atoms with Gasteiger partial charge in [0.1, 0.15) is 17.6 Å². The maximum absolute atomic E-state index is 10.2. The number of hydrogen-bond acceptors (Lipinski definition) is 2. The van der Waals surface area contributed by atoms with Gasteiger partial charge >= 0.3 is 0 Å². The van der Waals surface area contributed by atoms with Gasteiger partial charge in [-0.05, 0) is 43.0 Å². The second kappa shape index (κ2) is 5.87. The molecule has 2 rings (SSSR count). The van der Waals surface area contributed by atoms with E-state index in [1.165, 1.54) is 18.4 Å². The highest BCUT2D eigenvalue weighted by Gasteiger charge is 2.13. The summed E-state index contributed by atoms with van der Waals surface area (Å²) in [5, 5.41) is 10.2. The Kier molecular flexibility index (Phi) is 4.21. The quantitative estimate of drug-likeness (QED) is 0.862. The molecule has 1 aromatic heterocycles. The summed E-state index contributed by atoms with van der Waals surface area (Å²) in [6.45, 7) is 4.07. The van der Waals surface area contributed by atoms with Crippen LogP contribution in [0.4, 0.5) is 0 Å². The molecule has 0 unspecified atom stereocenters. The van der Waals surface area contributed by atoms with Gasteiger partial charge < -0.3 is 9.52 Å². The van der Waals surface area contributed by atoms with Crippen LogP contribution in [0.1, 0.15) is 48.5 Å². The summed E-state index contributed by atoms with van der Waals surface area (Å²) >= 11 is 0. The molecule has 96 valence electrons. The van der Waals surface area contributed by atoms with Gasteiger partial charge in [0.05, 0.1) is 0 Å². The smallest absolute Gasteiger partial charge is 0.137 e. The molecular weight excluding hydrogens is 224 g/mol. The van der Waals surface area contributed by atoms with Crippen LogP contribution in [0.2, 0.25) is 0 Å². The van der Waals surface area contributed by atoms with Crippen molar-refractivity contribution in [3.8, 4) is 0 Å². The van der Waals surface area contributed by atoms with Crippen molar-refractivity contribution in [1.29, 1.82) is 0 Å². The molecule has 0 aliphatic rings. The standard InChI is InChI=1S/C16H20O2/c1-3-4-5-13-7-9-14(10-8-13)16(17)15-11-6-12(2)18-15/h6-11,16-17H,3-5H2,1-2H3/t16-/m0/s1. The molecule has 0 saturated carbocycles. The molecule has 0 fully saturated rings. The zero-order valence-corrected chi connectivity index (χ0v) is 11.0. The summed E-state index contributed by atoms with van der Waals surface area (Å²) < 4.78 is 5.44. The lowest BCUT2D eigenvalue weighted by Crippen LogP contribution is -1.98. The molecule has 0 spiro atoms. The molecule has 0 aliphatic heterocycles. The van der Waals surface area contributed by atoms with E-state index in [-0.39, 0.29) is 0 Å². The van der Waals surface area contributed by atoms with Gasteiger partial charge in [0.2, 0.25) is 0 Å². The Balaban J connectivity index is 2.09. The van der Waals surface area contributed by atoms with E-state index in [4.69, 9.17) is 4.42 Å². The fourth-order valence-electron chi connectivity index (χ4n) is 2.01. The van der Waals surface area contributed by atoms with Crippen LogP contribution in [0.3, 0.4) is 0 Å². The summed E-state index contributed by atoms with van der Waals surface area (Å²) in [5.41, 5.74) is 2.20. The summed E-state index contributed by atoms with van der Waals surface area (Å²) in [4.78, 5) is 0. The minimum absolute atomic E-state index is 0.605. The zero-order valence-electron chi connectivity index (χ0n) is 11.0. The molecule has 0 bridgehead atoms. The van der Waals surface area contributed by atoms with E-state index in [9.17, 15) is 5.11 Å². The SMILES string of the molecule is CCCCc1ccc([C@H](O)c2ccc(C)o2)cc1. The topological polar surface area (TPSA) is 33.4 Å². The Bertz CT molecular complexity index is 482. The van der Waals surface area contributed by atoms with E-state index in [1.54, 1.807) is 0 Å². The maximum atomic E-state index is 10.2. The van der Waals surface area contributed by atoms with Crippen LogP contribution >= 0.6 is 0 Å². The average molecular weight is 244 g/mol. The second-order valence-corrected chi connectivity index (χ2v) is 4.70. The minimum atomic E-state index is -0.668. The van der Waals surface area contributed by atoms with Crippen molar-refractivity contribution in [2.45, 2.75) is 39.2 Å². The molecule has 0 saturated heterocycles. The third kappa shape index (κ3) is 3.02. The van der Waals surface area contributed by atoms with E-state index in [2.05, 4.69) is 19.1 Å². The van der Waals surface area contributed by atoms with Crippen LogP contribution in [0.25, 0.3) is 0 Å². The highest BCUT2D eigenvalue weighted by Crippen LogP contribution is 2.24. The maximum Gasteiger partial charge on any atom is 0.137 e. The van der Waals surface area contributed by atoms with Gasteiger partial charge in [0.25, 0.3) is 0 Å². The zero-order chi connectivity index (χ0) is 13.0. The van der Waals surface area contributed by atoms with E-state index >= 15 is 0 Å². The number of unbranched alkanes of at least 4 members (excludes halogenated alkanes) is 1. The van der Waals surface area contributed by atoms with Crippen LogP contribution in [-0.4, -0.2) is 5.11 Å². The van der Waals surface area contributed by atoms with Gasteiger partial charge in [-0.3, -0.25) is 0 Å². The molecule has 1 heterocycles. The Labute approximate surface area is 108 Å². The fraction of sp³-hybridized carbons (Fsp3) is 0.375. The van der Waals surface area contributed by atoms with E-state index in [0.29, 0.717) is 5.76 Å². The summed E-state index contributed by atoms with van der Waals surface area (Å²) in [7, 11) is 0. The minimum Gasteiger partial charge on any atom is -0.463 e. The van der Waals surface area contributed by atoms with Gasteiger partial charge in [0, 0.05) is 0 Å². The molecule has 2 heteroatoms. The number of aliphatic hydroxyl groups excluding tert-OH is 1. The van der Waals surface area contributed by atoms with Crippen molar-refractivity contribution < 1.29 is 9.52 Å². The number of benzene rings is 1. The van der Waals surface area contributed by atoms with Gasteiger partial charge in [0.15, 0.2) is 0 Å². The molecule has 18 heavy (non-hydrogen) atoms. The van der Waals surface area contributed by atoms with Crippen molar-refractivity contribution in [2.75, 3.05) is 0 Å². The van der Waals surface area contributed by atoms with E-state index in [1.807, 2.05) is 31.2 Å².